The smallest absolute Gasteiger partial charge is 0.338 e. The minimum Gasteiger partial charge on any atom is -0.457 e. The number of benzene rings is 2. The fraction of sp³-hybridized carbons (Fsp3) is 0.125. The van der Waals surface area contributed by atoms with Crippen LogP contribution in [0.25, 0.3) is 0 Å². The zero-order chi connectivity index (χ0) is 13.7. The van der Waals surface area contributed by atoms with Gasteiger partial charge in [0, 0.05) is 5.56 Å². The molecule has 3 nitrogen and oxygen atoms in total. The SMILES string of the molecule is Cc1cccc(C(=O)OCc2ccccc2C#N)c1. The molecule has 0 saturated heterocycles. The van der Waals surface area contributed by atoms with E-state index in [1.54, 1.807) is 30.3 Å². The molecule has 0 radical (unpaired) electrons. The molecule has 0 aromatic heterocycles. The Morgan fingerprint density at radius 1 is 1.21 bits per heavy atom. The van der Waals surface area contributed by atoms with Crippen LogP contribution in [-0.4, -0.2) is 5.97 Å². The second kappa shape index (κ2) is 5.83. The molecule has 0 heterocycles. The summed E-state index contributed by atoms with van der Waals surface area (Å²) < 4.78 is 5.22. The van der Waals surface area contributed by atoms with Gasteiger partial charge in [0.05, 0.1) is 17.2 Å². The average molecular weight is 251 g/mol. The van der Waals surface area contributed by atoms with E-state index in [1.807, 2.05) is 25.1 Å². The number of aryl methyl sites for hydroxylation is 1. The predicted molar refractivity (Wildman–Crippen MR) is 71.5 cm³/mol. The lowest BCUT2D eigenvalue weighted by atomic mass is 10.1. The zero-order valence-electron chi connectivity index (χ0n) is 10.6. The van der Waals surface area contributed by atoms with E-state index in [2.05, 4.69) is 6.07 Å². The number of esters is 1. The molecule has 2 aromatic rings. The lowest BCUT2D eigenvalue weighted by Crippen LogP contribution is -2.06. The Kier molecular flexibility index (Phi) is 3.94. The lowest BCUT2D eigenvalue weighted by Gasteiger charge is -2.06. The van der Waals surface area contributed by atoms with Crippen molar-refractivity contribution in [3.05, 3.63) is 70.8 Å². The Balaban J connectivity index is 2.07. The molecule has 0 fully saturated rings. The highest BCUT2D eigenvalue weighted by Crippen LogP contribution is 2.11. The number of nitriles is 1. The third kappa shape index (κ3) is 3.20. The maximum Gasteiger partial charge on any atom is 0.338 e. The molecule has 0 aliphatic heterocycles. The highest BCUT2D eigenvalue weighted by molar-refractivity contribution is 5.89. The number of hydrogen-bond donors (Lipinski definition) is 0. The monoisotopic (exact) mass is 251 g/mol. The van der Waals surface area contributed by atoms with E-state index in [1.165, 1.54) is 0 Å². The third-order valence-corrected chi connectivity index (χ3v) is 2.75. The molecule has 2 aromatic carbocycles. The summed E-state index contributed by atoms with van der Waals surface area (Å²) in [5.41, 5.74) is 2.77. The molecule has 0 atom stereocenters. The molecule has 3 heteroatoms. The van der Waals surface area contributed by atoms with E-state index in [0.717, 1.165) is 5.56 Å². The van der Waals surface area contributed by atoms with Gasteiger partial charge in [0.1, 0.15) is 6.61 Å². The molecule has 0 unspecified atom stereocenters. The summed E-state index contributed by atoms with van der Waals surface area (Å²) >= 11 is 0. The van der Waals surface area contributed by atoms with Gasteiger partial charge in [0.25, 0.3) is 0 Å². The van der Waals surface area contributed by atoms with E-state index in [4.69, 9.17) is 10.00 Å². The summed E-state index contributed by atoms with van der Waals surface area (Å²) in [6.07, 6.45) is 0. The van der Waals surface area contributed by atoms with Crippen molar-refractivity contribution < 1.29 is 9.53 Å². The summed E-state index contributed by atoms with van der Waals surface area (Å²) in [7, 11) is 0. The van der Waals surface area contributed by atoms with E-state index in [0.29, 0.717) is 16.7 Å². The van der Waals surface area contributed by atoms with Crippen LogP contribution in [0.2, 0.25) is 0 Å². The fourth-order valence-corrected chi connectivity index (χ4v) is 1.75. The molecule has 0 aliphatic carbocycles. The number of carbonyl (C=O) groups is 1. The van der Waals surface area contributed by atoms with Crippen molar-refractivity contribution in [1.82, 2.24) is 0 Å². The Labute approximate surface area is 112 Å². The van der Waals surface area contributed by atoms with E-state index in [-0.39, 0.29) is 12.6 Å². The third-order valence-electron chi connectivity index (χ3n) is 2.75. The van der Waals surface area contributed by atoms with Gasteiger partial charge < -0.3 is 4.74 Å². The minimum absolute atomic E-state index is 0.108. The maximum atomic E-state index is 11.9. The van der Waals surface area contributed by atoms with Crippen LogP contribution in [-0.2, 0) is 11.3 Å². The van der Waals surface area contributed by atoms with Crippen LogP contribution in [0.1, 0.15) is 27.0 Å². The van der Waals surface area contributed by atoms with Crippen LogP contribution in [0, 0.1) is 18.3 Å². The van der Waals surface area contributed by atoms with Crippen molar-refractivity contribution in [3.63, 3.8) is 0 Å². The number of hydrogen-bond acceptors (Lipinski definition) is 3. The highest BCUT2D eigenvalue weighted by atomic mass is 16.5. The normalized spacial score (nSPS) is 9.68. The summed E-state index contributed by atoms with van der Waals surface area (Å²) in [5, 5.41) is 8.95. The predicted octanol–water partition coefficient (Wildman–Crippen LogP) is 3.22. The minimum atomic E-state index is -0.378. The van der Waals surface area contributed by atoms with Crippen molar-refractivity contribution >= 4 is 5.97 Å². The zero-order valence-corrected chi connectivity index (χ0v) is 10.6. The van der Waals surface area contributed by atoms with Gasteiger partial charge in [-0.05, 0) is 25.1 Å². The van der Waals surface area contributed by atoms with Gasteiger partial charge in [-0.25, -0.2) is 4.79 Å². The van der Waals surface area contributed by atoms with Crippen LogP contribution in [0.3, 0.4) is 0 Å². The largest absolute Gasteiger partial charge is 0.457 e. The molecule has 0 amide bonds. The van der Waals surface area contributed by atoms with Crippen LogP contribution in [0.4, 0.5) is 0 Å². The number of rotatable bonds is 3. The van der Waals surface area contributed by atoms with Crippen molar-refractivity contribution in [1.29, 1.82) is 5.26 Å². The summed E-state index contributed by atoms with van der Waals surface area (Å²) in [6, 6.07) is 16.4. The first-order chi connectivity index (χ1) is 9.20. The molecule has 94 valence electrons. The molecule has 19 heavy (non-hydrogen) atoms. The lowest BCUT2D eigenvalue weighted by molar-refractivity contribution is 0.0472. The van der Waals surface area contributed by atoms with Gasteiger partial charge >= 0.3 is 5.97 Å². The van der Waals surface area contributed by atoms with Crippen molar-refractivity contribution in [3.8, 4) is 6.07 Å². The van der Waals surface area contributed by atoms with Gasteiger partial charge in [-0.15, -0.1) is 0 Å². The first-order valence-corrected chi connectivity index (χ1v) is 5.92. The molecule has 0 saturated carbocycles. The first-order valence-electron chi connectivity index (χ1n) is 5.92. The Hall–Kier alpha value is -2.60. The van der Waals surface area contributed by atoms with Gasteiger partial charge in [0.15, 0.2) is 0 Å². The van der Waals surface area contributed by atoms with Gasteiger partial charge in [-0.1, -0.05) is 35.9 Å². The van der Waals surface area contributed by atoms with Crippen molar-refractivity contribution in [2.75, 3.05) is 0 Å². The Bertz CT molecular complexity index is 641. The Morgan fingerprint density at radius 2 is 2.00 bits per heavy atom. The summed E-state index contributed by atoms with van der Waals surface area (Å²) in [4.78, 5) is 11.9. The van der Waals surface area contributed by atoms with Gasteiger partial charge in [-0.2, -0.15) is 5.26 Å². The quantitative estimate of drug-likeness (QED) is 0.787. The molecule has 2 rings (SSSR count). The van der Waals surface area contributed by atoms with E-state index < -0.39 is 0 Å². The van der Waals surface area contributed by atoms with Crippen LogP contribution < -0.4 is 0 Å². The fourth-order valence-electron chi connectivity index (χ4n) is 1.75. The maximum absolute atomic E-state index is 11.9. The molecule has 0 aliphatic rings. The summed E-state index contributed by atoms with van der Waals surface area (Å²) in [5.74, 6) is -0.378. The average Bonchev–Trinajstić information content (AvgIpc) is 2.45. The molecule has 0 bridgehead atoms. The van der Waals surface area contributed by atoms with Gasteiger partial charge in [0.2, 0.25) is 0 Å². The van der Waals surface area contributed by atoms with Crippen molar-refractivity contribution in [2.24, 2.45) is 0 Å². The molecule has 0 spiro atoms. The molecular formula is C16H13NO2. The highest BCUT2D eigenvalue weighted by Gasteiger charge is 2.08. The van der Waals surface area contributed by atoms with Gasteiger partial charge in [-0.3, -0.25) is 0 Å². The molecular weight excluding hydrogens is 238 g/mol. The number of nitrogens with zero attached hydrogens (tertiary/aromatic N) is 1. The number of ether oxygens (including phenoxy) is 1. The second-order valence-corrected chi connectivity index (χ2v) is 4.21. The van der Waals surface area contributed by atoms with Crippen LogP contribution >= 0.6 is 0 Å². The second-order valence-electron chi connectivity index (χ2n) is 4.21. The van der Waals surface area contributed by atoms with Crippen molar-refractivity contribution in [2.45, 2.75) is 13.5 Å². The standard InChI is InChI=1S/C16H13NO2/c1-12-5-4-8-13(9-12)16(18)19-11-15-7-3-2-6-14(15)10-17/h2-9H,11H2,1H3. The van der Waals surface area contributed by atoms with Crippen LogP contribution in [0.5, 0.6) is 0 Å². The summed E-state index contributed by atoms with van der Waals surface area (Å²) in [6.45, 7) is 2.03. The van der Waals surface area contributed by atoms with E-state index >= 15 is 0 Å². The topological polar surface area (TPSA) is 50.1 Å². The number of carbonyl (C=O) groups excluding carboxylic acids is 1. The Morgan fingerprint density at radius 3 is 2.74 bits per heavy atom. The van der Waals surface area contributed by atoms with Crippen LogP contribution in [0.15, 0.2) is 48.5 Å². The van der Waals surface area contributed by atoms with E-state index in [9.17, 15) is 4.79 Å². The first kappa shape index (κ1) is 12.8. The molecule has 0 N–H and O–H groups in total.